The summed E-state index contributed by atoms with van der Waals surface area (Å²) in [7, 11) is 0. The highest BCUT2D eigenvalue weighted by Gasteiger charge is 2.10. The molecule has 0 atom stereocenters. The third-order valence-electron chi connectivity index (χ3n) is 4.51. The fourth-order valence-electron chi connectivity index (χ4n) is 3.35. The van der Waals surface area contributed by atoms with Gasteiger partial charge in [0.15, 0.2) is 0 Å². The molecule has 1 N–H and O–H groups in total. The van der Waals surface area contributed by atoms with Gasteiger partial charge in [0.2, 0.25) is 0 Å². The first kappa shape index (κ1) is 16.0. The number of para-hydroxylation sites is 2. The molecule has 0 radical (unpaired) electrons. The molecule has 4 aromatic rings. The van der Waals surface area contributed by atoms with Crippen LogP contribution in [0.4, 0.5) is 5.69 Å². The topological polar surface area (TPSA) is 17.0 Å². The number of nitrogens with zero attached hydrogens (tertiary/aromatic N) is 1. The number of allylic oxidation sites excluding steroid dienone is 3. The second-order valence-corrected chi connectivity index (χ2v) is 6.10. The molecule has 2 nitrogen and oxygen atoms in total. The Hall–Kier alpha value is -3.52. The zero-order chi connectivity index (χ0) is 17.9. The molecule has 126 valence electrons. The van der Waals surface area contributed by atoms with Crippen molar-refractivity contribution < 1.29 is 0 Å². The van der Waals surface area contributed by atoms with E-state index in [1.165, 1.54) is 21.8 Å². The van der Waals surface area contributed by atoms with E-state index in [0.29, 0.717) is 0 Å². The molecule has 0 saturated carbocycles. The molecule has 26 heavy (non-hydrogen) atoms. The third-order valence-corrected chi connectivity index (χ3v) is 4.51. The summed E-state index contributed by atoms with van der Waals surface area (Å²) in [6.07, 6.45) is 5.42. The van der Waals surface area contributed by atoms with Crippen molar-refractivity contribution in [2.75, 3.05) is 5.32 Å². The first-order valence-electron chi connectivity index (χ1n) is 8.62. The van der Waals surface area contributed by atoms with Crippen molar-refractivity contribution in [1.82, 2.24) is 4.57 Å². The Balaban J connectivity index is 1.81. The molecule has 0 unspecified atom stereocenters. The summed E-state index contributed by atoms with van der Waals surface area (Å²) in [6.45, 7) is 7.55. The van der Waals surface area contributed by atoms with Gasteiger partial charge in [-0.1, -0.05) is 55.6 Å². The van der Waals surface area contributed by atoms with E-state index >= 15 is 0 Å². The molecule has 3 aromatic carbocycles. The molecular formula is C24H20N2. The number of hydrogen-bond donors (Lipinski definition) is 1. The first-order valence-corrected chi connectivity index (χ1v) is 8.62. The Morgan fingerprint density at radius 2 is 1.35 bits per heavy atom. The van der Waals surface area contributed by atoms with Crippen molar-refractivity contribution >= 4 is 27.5 Å². The van der Waals surface area contributed by atoms with Gasteiger partial charge in [-0.15, -0.1) is 0 Å². The van der Waals surface area contributed by atoms with E-state index in [-0.39, 0.29) is 0 Å². The van der Waals surface area contributed by atoms with Crippen LogP contribution in [-0.4, -0.2) is 4.57 Å². The lowest BCUT2D eigenvalue weighted by Crippen LogP contribution is -1.98. The minimum atomic E-state index is 0.921. The number of benzene rings is 3. The minimum Gasteiger partial charge on any atom is -0.356 e. The van der Waals surface area contributed by atoms with Gasteiger partial charge in [-0.3, -0.25) is 0 Å². The number of fused-ring (bicyclic) bond motifs is 3. The third kappa shape index (κ3) is 2.72. The Bertz CT molecular complexity index is 1070. The number of aromatic nitrogens is 1. The van der Waals surface area contributed by atoms with E-state index in [0.717, 1.165) is 17.1 Å². The van der Waals surface area contributed by atoms with E-state index in [2.05, 4.69) is 95.8 Å². The van der Waals surface area contributed by atoms with Crippen LogP contribution in [0.1, 0.15) is 0 Å². The Labute approximate surface area is 153 Å². The highest BCUT2D eigenvalue weighted by Crippen LogP contribution is 2.32. The first-order chi connectivity index (χ1) is 12.8. The van der Waals surface area contributed by atoms with Crippen LogP contribution in [0.5, 0.6) is 0 Å². The van der Waals surface area contributed by atoms with E-state index in [4.69, 9.17) is 0 Å². The number of anilines is 1. The molecule has 4 rings (SSSR count). The standard InChI is InChI=1S/C24H20N2/c1-3-9-18(4-2)25-19-14-16-20(17-15-19)26-23-12-7-5-10-21(23)22-11-6-8-13-24(22)26/h3-17,25H,1-2H2/b18-9+. The quantitative estimate of drug-likeness (QED) is 0.414. The van der Waals surface area contributed by atoms with E-state index in [9.17, 15) is 0 Å². The highest BCUT2D eigenvalue weighted by molar-refractivity contribution is 6.09. The normalized spacial score (nSPS) is 11.6. The fraction of sp³-hybridized carbons (Fsp3) is 0. The maximum absolute atomic E-state index is 3.82. The average Bonchev–Trinajstić information content (AvgIpc) is 3.03. The molecule has 0 spiro atoms. The van der Waals surface area contributed by atoms with Gasteiger partial charge in [0.05, 0.1) is 11.0 Å². The minimum absolute atomic E-state index is 0.921. The van der Waals surface area contributed by atoms with Crippen molar-refractivity contribution in [3.05, 3.63) is 110 Å². The van der Waals surface area contributed by atoms with Crippen LogP contribution in [0.2, 0.25) is 0 Å². The molecule has 1 heterocycles. The number of hydrogen-bond acceptors (Lipinski definition) is 1. The molecule has 0 fully saturated rings. The summed E-state index contributed by atoms with van der Waals surface area (Å²) in [6, 6.07) is 25.5. The van der Waals surface area contributed by atoms with Gasteiger partial charge in [0.1, 0.15) is 0 Å². The van der Waals surface area contributed by atoms with Crippen molar-refractivity contribution in [1.29, 1.82) is 0 Å². The second kappa shape index (κ2) is 6.77. The van der Waals surface area contributed by atoms with Crippen molar-refractivity contribution in [3.8, 4) is 5.69 Å². The number of rotatable bonds is 5. The predicted molar refractivity (Wildman–Crippen MR) is 113 cm³/mol. The van der Waals surface area contributed by atoms with Crippen LogP contribution in [-0.2, 0) is 0 Å². The van der Waals surface area contributed by atoms with E-state index in [1.54, 1.807) is 12.2 Å². The second-order valence-electron chi connectivity index (χ2n) is 6.10. The van der Waals surface area contributed by atoms with Crippen molar-refractivity contribution in [2.45, 2.75) is 0 Å². The van der Waals surface area contributed by atoms with E-state index in [1.807, 2.05) is 6.08 Å². The van der Waals surface area contributed by atoms with Crippen molar-refractivity contribution in [3.63, 3.8) is 0 Å². The summed E-state index contributed by atoms with van der Waals surface area (Å²) in [5.74, 6) is 0. The molecule has 1 aromatic heterocycles. The molecule has 0 aliphatic heterocycles. The average molecular weight is 336 g/mol. The molecular weight excluding hydrogens is 316 g/mol. The van der Waals surface area contributed by atoms with Gasteiger partial charge in [-0.25, -0.2) is 0 Å². The van der Waals surface area contributed by atoms with Crippen LogP contribution < -0.4 is 5.32 Å². The van der Waals surface area contributed by atoms with Gasteiger partial charge in [0, 0.05) is 27.8 Å². The van der Waals surface area contributed by atoms with Gasteiger partial charge in [-0.05, 0) is 48.6 Å². The molecule has 2 heteroatoms. The fourth-order valence-corrected chi connectivity index (χ4v) is 3.35. The SMILES string of the molecule is C=C/C=C(\C=C)Nc1ccc(-n2c3ccccc3c3ccccc32)cc1. The number of nitrogens with one attached hydrogen (secondary N) is 1. The highest BCUT2D eigenvalue weighted by atomic mass is 15.0. The van der Waals surface area contributed by atoms with Crippen LogP contribution in [0.3, 0.4) is 0 Å². The van der Waals surface area contributed by atoms with Gasteiger partial charge in [-0.2, -0.15) is 0 Å². The zero-order valence-electron chi connectivity index (χ0n) is 14.5. The molecule has 0 aliphatic rings. The van der Waals surface area contributed by atoms with Crippen molar-refractivity contribution in [2.24, 2.45) is 0 Å². The Morgan fingerprint density at radius 3 is 1.88 bits per heavy atom. The molecule has 0 amide bonds. The molecule has 0 saturated heterocycles. The maximum Gasteiger partial charge on any atom is 0.0541 e. The summed E-state index contributed by atoms with van der Waals surface area (Å²) in [5.41, 5.74) is 5.51. The Kier molecular flexibility index (Phi) is 4.16. The van der Waals surface area contributed by atoms with Crippen LogP contribution in [0, 0.1) is 0 Å². The van der Waals surface area contributed by atoms with Gasteiger partial charge < -0.3 is 9.88 Å². The van der Waals surface area contributed by atoms with Crippen LogP contribution in [0.15, 0.2) is 110 Å². The smallest absolute Gasteiger partial charge is 0.0541 e. The lowest BCUT2D eigenvalue weighted by molar-refractivity contribution is 1.18. The predicted octanol–water partition coefficient (Wildman–Crippen LogP) is 6.45. The van der Waals surface area contributed by atoms with E-state index < -0.39 is 0 Å². The lowest BCUT2D eigenvalue weighted by Gasteiger charge is -2.11. The summed E-state index contributed by atoms with van der Waals surface area (Å²) in [4.78, 5) is 0. The van der Waals surface area contributed by atoms with Crippen LogP contribution in [0.25, 0.3) is 27.5 Å². The monoisotopic (exact) mass is 336 g/mol. The van der Waals surface area contributed by atoms with Gasteiger partial charge >= 0.3 is 0 Å². The van der Waals surface area contributed by atoms with Gasteiger partial charge in [0.25, 0.3) is 0 Å². The maximum atomic E-state index is 3.82. The molecule has 0 aliphatic carbocycles. The summed E-state index contributed by atoms with van der Waals surface area (Å²) < 4.78 is 2.31. The molecule has 0 bridgehead atoms. The lowest BCUT2D eigenvalue weighted by atomic mass is 10.2. The Morgan fingerprint density at radius 1 is 0.769 bits per heavy atom. The summed E-state index contributed by atoms with van der Waals surface area (Å²) >= 11 is 0. The largest absolute Gasteiger partial charge is 0.356 e. The summed E-state index contributed by atoms with van der Waals surface area (Å²) in [5, 5.41) is 5.88. The zero-order valence-corrected chi connectivity index (χ0v) is 14.5. The van der Waals surface area contributed by atoms with Crippen LogP contribution >= 0.6 is 0 Å².